The largest absolute Gasteiger partial charge is 0.360 e. The number of hydrogen-bond acceptors (Lipinski definition) is 1. The molecule has 1 aromatic heterocycles. The van der Waals surface area contributed by atoms with Gasteiger partial charge >= 0.3 is 0 Å². The molecule has 2 aromatic rings. The molecular formula is C13H13BrN2O. The standard InChI is InChI=1S/C13H13BrN2O/c14-9-3-4-10-11(8-15-12(10)7-9)13(17)16-5-1-2-6-16/h3-4,7-8,15H,1-2,5-6H2. The van der Waals surface area contributed by atoms with Crippen LogP contribution in [-0.2, 0) is 0 Å². The molecule has 2 heterocycles. The number of benzene rings is 1. The zero-order valence-electron chi connectivity index (χ0n) is 9.37. The van der Waals surface area contributed by atoms with Crippen LogP contribution in [0.25, 0.3) is 10.9 Å². The molecular weight excluding hydrogens is 280 g/mol. The Morgan fingerprint density at radius 2 is 2.06 bits per heavy atom. The molecule has 0 bridgehead atoms. The Labute approximate surface area is 108 Å². The number of amides is 1. The number of rotatable bonds is 1. The van der Waals surface area contributed by atoms with Crippen LogP contribution in [0.15, 0.2) is 28.9 Å². The quantitative estimate of drug-likeness (QED) is 0.861. The molecule has 1 amide bonds. The molecule has 3 nitrogen and oxygen atoms in total. The van der Waals surface area contributed by atoms with Crippen molar-refractivity contribution in [3.05, 3.63) is 34.4 Å². The first-order chi connectivity index (χ1) is 8.25. The summed E-state index contributed by atoms with van der Waals surface area (Å²) in [6.45, 7) is 1.78. The number of aromatic amines is 1. The molecule has 0 unspecified atom stereocenters. The van der Waals surface area contributed by atoms with Gasteiger partial charge in [0.05, 0.1) is 5.56 Å². The summed E-state index contributed by atoms with van der Waals surface area (Å²) < 4.78 is 1.02. The number of carbonyl (C=O) groups excluding carboxylic acids is 1. The van der Waals surface area contributed by atoms with Gasteiger partial charge in [-0.25, -0.2) is 0 Å². The molecule has 1 N–H and O–H groups in total. The number of nitrogens with zero attached hydrogens (tertiary/aromatic N) is 1. The number of likely N-dealkylation sites (tertiary alicyclic amines) is 1. The summed E-state index contributed by atoms with van der Waals surface area (Å²) in [7, 11) is 0. The van der Waals surface area contributed by atoms with Gasteiger partial charge in [0.2, 0.25) is 0 Å². The lowest BCUT2D eigenvalue weighted by molar-refractivity contribution is 0.0795. The highest BCUT2D eigenvalue weighted by atomic mass is 79.9. The topological polar surface area (TPSA) is 36.1 Å². The molecule has 1 fully saturated rings. The van der Waals surface area contributed by atoms with E-state index in [4.69, 9.17) is 0 Å². The van der Waals surface area contributed by atoms with Crippen molar-refractivity contribution >= 4 is 32.7 Å². The van der Waals surface area contributed by atoms with Gasteiger partial charge in [0, 0.05) is 34.7 Å². The summed E-state index contributed by atoms with van der Waals surface area (Å²) in [6.07, 6.45) is 4.07. The molecule has 88 valence electrons. The zero-order chi connectivity index (χ0) is 11.8. The van der Waals surface area contributed by atoms with Crippen LogP contribution in [0.2, 0.25) is 0 Å². The maximum atomic E-state index is 12.3. The Morgan fingerprint density at radius 3 is 2.82 bits per heavy atom. The highest BCUT2D eigenvalue weighted by Crippen LogP contribution is 2.24. The molecule has 0 radical (unpaired) electrons. The maximum absolute atomic E-state index is 12.3. The smallest absolute Gasteiger partial charge is 0.256 e. The maximum Gasteiger partial charge on any atom is 0.256 e. The predicted octanol–water partition coefficient (Wildman–Crippen LogP) is 3.17. The summed E-state index contributed by atoms with van der Waals surface area (Å²) in [6, 6.07) is 5.95. The summed E-state index contributed by atoms with van der Waals surface area (Å²) in [4.78, 5) is 17.4. The number of aromatic nitrogens is 1. The van der Waals surface area contributed by atoms with E-state index < -0.39 is 0 Å². The van der Waals surface area contributed by atoms with E-state index in [1.54, 1.807) is 0 Å². The lowest BCUT2D eigenvalue weighted by atomic mass is 10.1. The van der Waals surface area contributed by atoms with Crippen LogP contribution < -0.4 is 0 Å². The minimum atomic E-state index is 0.149. The van der Waals surface area contributed by atoms with Crippen LogP contribution in [-0.4, -0.2) is 28.9 Å². The average molecular weight is 293 g/mol. The molecule has 1 aromatic carbocycles. The highest BCUT2D eigenvalue weighted by Gasteiger charge is 2.21. The molecule has 1 aliphatic rings. The minimum Gasteiger partial charge on any atom is -0.360 e. The highest BCUT2D eigenvalue weighted by molar-refractivity contribution is 9.10. The third-order valence-corrected chi connectivity index (χ3v) is 3.76. The van der Waals surface area contributed by atoms with E-state index >= 15 is 0 Å². The third-order valence-electron chi connectivity index (χ3n) is 3.27. The van der Waals surface area contributed by atoms with E-state index in [1.165, 1.54) is 0 Å². The fourth-order valence-electron chi connectivity index (χ4n) is 2.37. The van der Waals surface area contributed by atoms with E-state index in [-0.39, 0.29) is 5.91 Å². The van der Waals surface area contributed by atoms with Gasteiger partial charge < -0.3 is 9.88 Å². The lowest BCUT2D eigenvalue weighted by Crippen LogP contribution is -2.27. The average Bonchev–Trinajstić information content (AvgIpc) is 2.96. The Balaban J connectivity index is 2.02. The van der Waals surface area contributed by atoms with Crippen molar-refractivity contribution in [2.45, 2.75) is 12.8 Å². The minimum absolute atomic E-state index is 0.149. The fourth-order valence-corrected chi connectivity index (χ4v) is 2.73. The molecule has 3 rings (SSSR count). The first-order valence-electron chi connectivity index (χ1n) is 5.81. The van der Waals surface area contributed by atoms with Gasteiger partial charge in [0.15, 0.2) is 0 Å². The molecule has 0 spiro atoms. The van der Waals surface area contributed by atoms with Gasteiger partial charge in [-0.1, -0.05) is 22.0 Å². The van der Waals surface area contributed by atoms with Gasteiger partial charge in [-0.05, 0) is 25.0 Å². The molecule has 17 heavy (non-hydrogen) atoms. The van der Waals surface area contributed by atoms with Crippen molar-refractivity contribution < 1.29 is 4.79 Å². The summed E-state index contributed by atoms with van der Waals surface area (Å²) >= 11 is 3.43. The van der Waals surface area contributed by atoms with E-state index in [2.05, 4.69) is 20.9 Å². The molecule has 0 atom stereocenters. The second kappa shape index (κ2) is 4.18. The normalized spacial score (nSPS) is 15.7. The summed E-state index contributed by atoms with van der Waals surface area (Å²) in [5.74, 6) is 0.149. The van der Waals surface area contributed by atoms with Gasteiger partial charge in [-0.2, -0.15) is 0 Å². The number of fused-ring (bicyclic) bond motifs is 1. The molecule has 0 aliphatic carbocycles. The Bertz CT molecular complexity index is 570. The Morgan fingerprint density at radius 1 is 1.29 bits per heavy atom. The van der Waals surface area contributed by atoms with Crippen molar-refractivity contribution in [3.8, 4) is 0 Å². The van der Waals surface area contributed by atoms with Crippen LogP contribution >= 0.6 is 15.9 Å². The molecule has 0 saturated carbocycles. The fraction of sp³-hybridized carbons (Fsp3) is 0.308. The van der Waals surface area contributed by atoms with Crippen molar-refractivity contribution in [2.75, 3.05) is 13.1 Å². The van der Waals surface area contributed by atoms with E-state index in [9.17, 15) is 4.79 Å². The number of carbonyl (C=O) groups is 1. The van der Waals surface area contributed by atoms with Crippen LogP contribution in [0, 0.1) is 0 Å². The molecule has 1 saturated heterocycles. The van der Waals surface area contributed by atoms with Gasteiger partial charge in [0.25, 0.3) is 5.91 Å². The Hall–Kier alpha value is -1.29. The Kier molecular flexibility index (Phi) is 2.67. The first-order valence-corrected chi connectivity index (χ1v) is 6.61. The zero-order valence-corrected chi connectivity index (χ0v) is 11.0. The molecule has 4 heteroatoms. The number of H-pyrrole nitrogens is 1. The van der Waals surface area contributed by atoms with Crippen molar-refractivity contribution in [3.63, 3.8) is 0 Å². The number of nitrogens with one attached hydrogen (secondary N) is 1. The van der Waals surface area contributed by atoms with Gasteiger partial charge in [-0.15, -0.1) is 0 Å². The van der Waals surface area contributed by atoms with E-state index in [0.29, 0.717) is 0 Å². The second-order valence-corrected chi connectivity index (χ2v) is 5.31. The van der Waals surface area contributed by atoms with E-state index in [1.807, 2.05) is 29.3 Å². The molecule has 1 aliphatic heterocycles. The summed E-state index contributed by atoms with van der Waals surface area (Å²) in [5.41, 5.74) is 1.79. The summed E-state index contributed by atoms with van der Waals surface area (Å²) in [5, 5.41) is 1.00. The first kappa shape index (κ1) is 10.8. The number of halogens is 1. The van der Waals surface area contributed by atoms with Crippen molar-refractivity contribution in [2.24, 2.45) is 0 Å². The van der Waals surface area contributed by atoms with Crippen LogP contribution in [0.1, 0.15) is 23.2 Å². The third kappa shape index (κ3) is 1.86. The number of hydrogen-bond donors (Lipinski definition) is 1. The second-order valence-electron chi connectivity index (χ2n) is 4.39. The van der Waals surface area contributed by atoms with Crippen LogP contribution in [0.4, 0.5) is 0 Å². The van der Waals surface area contributed by atoms with Crippen molar-refractivity contribution in [1.29, 1.82) is 0 Å². The van der Waals surface area contributed by atoms with Crippen molar-refractivity contribution in [1.82, 2.24) is 9.88 Å². The lowest BCUT2D eigenvalue weighted by Gasteiger charge is -2.14. The van der Waals surface area contributed by atoms with Crippen LogP contribution in [0.5, 0.6) is 0 Å². The SMILES string of the molecule is O=C(c1c[nH]c2cc(Br)ccc12)N1CCCC1. The van der Waals surface area contributed by atoms with Gasteiger partial charge in [-0.3, -0.25) is 4.79 Å². The van der Waals surface area contributed by atoms with E-state index in [0.717, 1.165) is 46.9 Å². The predicted molar refractivity (Wildman–Crippen MR) is 71.1 cm³/mol. The van der Waals surface area contributed by atoms with Crippen LogP contribution in [0.3, 0.4) is 0 Å². The van der Waals surface area contributed by atoms with Gasteiger partial charge in [0.1, 0.15) is 0 Å². The monoisotopic (exact) mass is 292 g/mol.